The van der Waals surface area contributed by atoms with Crippen molar-refractivity contribution in [2.24, 2.45) is 28.6 Å². The van der Waals surface area contributed by atoms with Gasteiger partial charge in [0.1, 0.15) is 0 Å². The normalized spacial score (nSPS) is 33.2. The molecular formula is C38H57O6P. The molecule has 10 atom stereocenters. The van der Waals surface area contributed by atoms with Gasteiger partial charge in [-0.15, -0.1) is 0 Å². The van der Waals surface area contributed by atoms with Crippen LogP contribution in [0.1, 0.15) is 120 Å². The van der Waals surface area contributed by atoms with Crippen molar-refractivity contribution < 1.29 is 29.3 Å². The SMILES string of the molecule is CCC(O)[C@@]1(C)CCC2c3cc(OC)c(O)cc3CCC2C1.COc1cc2c(cc1OP)CCC1C2CC[C@](C)(C(C)O)C1C. The Morgan fingerprint density at radius 2 is 1.49 bits per heavy atom. The highest BCUT2D eigenvalue weighted by molar-refractivity contribution is 7.10. The van der Waals surface area contributed by atoms with Crippen molar-refractivity contribution in [3.63, 3.8) is 0 Å². The molecule has 0 amide bonds. The highest BCUT2D eigenvalue weighted by atomic mass is 31.0. The van der Waals surface area contributed by atoms with Crippen LogP contribution in [0.4, 0.5) is 0 Å². The number of aliphatic hydroxyl groups is 2. The molecule has 0 saturated heterocycles. The fourth-order valence-electron chi connectivity index (χ4n) is 9.69. The standard InChI is InChI=1S/C19H29O3P.C19H28O3/c1-11-14-6-5-13-9-18(22-23)17(21-4)10-16(13)15(14)7-8-19(11,3)12(2)20;1-4-18(21)19(2)8-7-14-13(11-19)6-5-12-9-16(20)17(22-3)10-15(12)14/h9-12,14-15,20H,5-8,23H2,1-4H3;9-10,13-14,18,20-21H,4-8,11H2,1-3H3/t11?,12?,14?,15?,19-;13?,14?,18?,19-/m00/s1. The second-order valence-electron chi connectivity index (χ2n) is 15.1. The third kappa shape index (κ3) is 6.33. The van der Waals surface area contributed by atoms with Crippen LogP contribution in [0, 0.1) is 28.6 Å². The summed E-state index contributed by atoms with van der Waals surface area (Å²) in [5, 5.41) is 30.7. The lowest BCUT2D eigenvalue weighted by Crippen LogP contribution is -2.46. The van der Waals surface area contributed by atoms with Gasteiger partial charge < -0.3 is 29.3 Å². The van der Waals surface area contributed by atoms with E-state index in [1.54, 1.807) is 14.2 Å². The van der Waals surface area contributed by atoms with E-state index < -0.39 is 0 Å². The maximum atomic E-state index is 10.4. The number of methoxy groups -OCH3 is 2. The summed E-state index contributed by atoms with van der Waals surface area (Å²) >= 11 is 0. The summed E-state index contributed by atoms with van der Waals surface area (Å²) in [5.74, 6) is 5.39. The second kappa shape index (κ2) is 13.6. The maximum Gasteiger partial charge on any atom is 0.164 e. The van der Waals surface area contributed by atoms with Crippen molar-refractivity contribution in [3.05, 3.63) is 46.5 Å². The third-order valence-corrected chi connectivity index (χ3v) is 13.2. The molecule has 7 heteroatoms. The van der Waals surface area contributed by atoms with Crippen molar-refractivity contribution in [1.82, 2.24) is 0 Å². The van der Waals surface area contributed by atoms with E-state index in [-0.39, 0.29) is 28.8 Å². The Bertz CT molecular complexity index is 1340. The fraction of sp³-hybridized carbons (Fsp3) is 0.684. The van der Waals surface area contributed by atoms with E-state index in [2.05, 4.69) is 49.3 Å². The first-order valence-electron chi connectivity index (χ1n) is 17.2. The molecule has 0 radical (unpaired) electrons. The predicted molar refractivity (Wildman–Crippen MR) is 184 cm³/mol. The average molecular weight is 641 g/mol. The van der Waals surface area contributed by atoms with Gasteiger partial charge in [-0.05, 0) is 158 Å². The zero-order valence-corrected chi connectivity index (χ0v) is 29.7. The Labute approximate surface area is 273 Å². The lowest BCUT2D eigenvalue weighted by atomic mass is 9.54. The van der Waals surface area contributed by atoms with Gasteiger partial charge >= 0.3 is 0 Å². The summed E-state index contributed by atoms with van der Waals surface area (Å²) in [5.41, 5.74) is 5.57. The zero-order chi connectivity index (χ0) is 32.7. The number of fused-ring (bicyclic) bond motifs is 6. The van der Waals surface area contributed by atoms with Crippen molar-refractivity contribution in [2.75, 3.05) is 14.2 Å². The van der Waals surface area contributed by atoms with Gasteiger partial charge in [-0.3, -0.25) is 0 Å². The summed E-state index contributed by atoms with van der Waals surface area (Å²) in [6.07, 6.45) is 10.4. The molecule has 8 unspecified atom stereocenters. The molecule has 6 nitrogen and oxygen atoms in total. The Morgan fingerprint density at radius 3 is 2.13 bits per heavy atom. The van der Waals surface area contributed by atoms with Crippen molar-refractivity contribution in [2.45, 2.75) is 123 Å². The van der Waals surface area contributed by atoms with Crippen LogP contribution in [0.5, 0.6) is 23.0 Å². The molecule has 4 aliphatic carbocycles. The van der Waals surface area contributed by atoms with E-state index >= 15 is 0 Å². The van der Waals surface area contributed by atoms with Crippen LogP contribution in [-0.2, 0) is 12.8 Å². The Balaban J connectivity index is 0.000000178. The smallest absolute Gasteiger partial charge is 0.164 e. The molecule has 4 aliphatic rings. The molecule has 45 heavy (non-hydrogen) atoms. The largest absolute Gasteiger partial charge is 0.504 e. The summed E-state index contributed by atoms with van der Waals surface area (Å²) in [4.78, 5) is 0. The zero-order valence-electron chi connectivity index (χ0n) is 28.6. The first-order valence-corrected chi connectivity index (χ1v) is 17.7. The molecule has 0 spiro atoms. The van der Waals surface area contributed by atoms with Crippen LogP contribution in [0.25, 0.3) is 0 Å². The van der Waals surface area contributed by atoms with Gasteiger partial charge in [0.2, 0.25) is 0 Å². The number of aliphatic hydroxyl groups excluding tert-OH is 2. The quantitative estimate of drug-likeness (QED) is 0.275. The van der Waals surface area contributed by atoms with Crippen molar-refractivity contribution in [3.8, 4) is 23.0 Å². The van der Waals surface area contributed by atoms with E-state index in [1.165, 1.54) is 28.7 Å². The number of hydrogen-bond acceptors (Lipinski definition) is 6. The maximum absolute atomic E-state index is 10.4. The third-order valence-electron chi connectivity index (χ3n) is 13.0. The van der Waals surface area contributed by atoms with Gasteiger partial charge in [0.25, 0.3) is 0 Å². The van der Waals surface area contributed by atoms with E-state index in [0.29, 0.717) is 35.3 Å². The molecular weight excluding hydrogens is 583 g/mol. The van der Waals surface area contributed by atoms with Gasteiger partial charge in [-0.1, -0.05) is 27.7 Å². The number of hydrogen-bond donors (Lipinski definition) is 3. The highest BCUT2D eigenvalue weighted by Crippen LogP contribution is 2.57. The molecule has 3 N–H and O–H groups in total. The molecule has 250 valence electrons. The van der Waals surface area contributed by atoms with Crippen molar-refractivity contribution >= 4 is 9.47 Å². The van der Waals surface area contributed by atoms with Gasteiger partial charge in [0.05, 0.1) is 35.9 Å². The Kier molecular flexibility index (Phi) is 10.4. The van der Waals surface area contributed by atoms with Gasteiger partial charge in [-0.2, -0.15) is 0 Å². The summed E-state index contributed by atoms with van der Waals surface area (Å²) in [7, 11) is 5.62. The molecule has 0 aromatic heterocycles. The van der Waals surface area contributed by atoms with Crippen LogP contribution >= 0.6 is 9.47 Å². The van der Waals surface area contributed by atoms with Gasteiger partial charge in [0, 0.05) is 0 Å². The number of rotatable bonds is 6. The number of aryl methyl sites for hydroxylation is 2. The molecule has 0 aliphatic heterocycles. The van der Waals surface area contributed by atoms with Gasteiger partial charge in [-0.25, -0.2) is 0 Å². The number of aromatic hydroxyl groups is 1. The molecule has 0 heterocycles. The average Bonchev–Trinajstić information content (AvgIpc) is 3.04. The molecule has 2 fully saturated rings. The lowest BCUT2D eigenvalue weighted by molar-refractivity contribution is -0.0520. The van der Waals surface area contributed by atoms with Gasteiger partial charge in [0.15, 0.2) is 23.0 Å². The van der Waals surface area contributed by atoms with Crippen LogP contribution < -0.4 is 14.0 Å². The predicted octanol–water partition coefficient (Wildman–Crippen LogP) is 8.34. The van der Waals surface area contributed by atoms with E-state index in [9.17, 15) is 15.3 Å². The Morgan fingerprint density at radius 1 is 0.867 bits per heavy atom. The summed E-state index contributed by atoms with van der Waals surface area (Å²) in [6.45, 7) is 10.9. The summed E-state index contributed by atoms with van der Waals surface area (Å²) < 4.78 is 16.2. The molecule has 2 aromatic carbocycles. The van der Waals surface area contributed by atoms with Crippen LogP contribution in [-0.4, -0.2) is 41.7 Å². The van der Waals surface area contributed by atoms with E-state index in [0.717, 1.165) is 69.3 Å². The van der Waals surface area contributed by atoms with Crippen molar-refractivity contribution in [1.29, 1.82) is 0 Å². The number of phenols is 1. The topological polar surface area (TPSA) is 88.4 Å². The molecule has 0 bridgehead atoms. The first kappa shape index (κ1) is 34.3. The minimum atomic E-state index is -0.248. The monoisotopic (exact) mass is 640 g/mol. The fourth-order valence-corrected chi connectivity index (χ4v) is 9.88. The molecule has 6 rings (SSSR count). The van der Waals surface area contributed by atoms with E-state index in [4.69, 9.17) is 14.0 Å². The molecule has 2 aromatic rings. The minimum Gasteiger partial charge on any atom is -0.504 e. The van der Waals surface area contributed by atoms with Crippen LogP contribution in [0.2, 0.25) is 0 Å². The van der Waals surface area contributed by atoms with E-state index in [1.807, 2.05) is 19.1 Å². The lowest BCUT2D eigenvalue weighted by Gasteiger charge is -2.52. The minimum absolute atomic E-state index is 0.0336. The number of phenolic OH excluding ortho intramolecular Hbond substituents is 1. The number of ether oxygens (including phenoxy) is 2. The highest BCUT2D eigenvalue weighted by Gasteiger charge is 2.48. The van der Waals surface area contributed by atoms with Crippen LogP contribution in [0.15, 0.2) is 24.3 Å². The summed E-state index contributed by atoms with van der Waals surface area (Å²) in [6, 6.07) is 8.26. The van der Waals surface area contributed by atoms with Crippen LogP contribution in [0.3, 0.4) is 0 Å². The number of benzene rings is 2. The Hall–Kier alpha value is -2.01. The second-order valence-corrected chi connectivity index (χ2v) is 15.3. The molecule has 2 saturated carbocycles. The first-order chi connectivity index (χ1) is 21.4.